The fraction of sp³-hybridized carbons (Fsp3) is 0.227. The Kier molecular flexibility index (Phi) is 5.36. The number of nitrogens with zero attached hydrogens (tertiary/aromatic N) is 3. The van der Waals surface area contributed by atoms with Crippen LogP contribution in [-0.2, 0) is 0 Å². The van der Waals surface area contributed by atoms with Crippen LogP contribution in [0.5, 0.6) is 17.6 Å². The lowest BCUT2D eigenvalue weighted by molar-refractivity contribution is 0.302. The number of fused-ring (bicyclic) bond motifs is 1. The molecule has 148 valence electrons. The first-order valence-electron chi connectivity index (χ1n) is 9.36. The summed E-state index contributed by atoms with van der Waals surface area (Å²) < 4.78 is 17.6. The summed E-state index contributed by atoms with van der Waals surface area (Å²) in [6, 6.07) is 13.5. The third kappa shape index (κ3) is 4.03. The molecule has 4 aromatic rings. The van der Waals surface area contributed by atoms with Crippen molar-refractivity contribution >= 4 is 22.8 Å². The molecule has 0 N–H and O–H groups in total. The van der Waals surface area contributed by atoms with Gasteiger partial charge in [0, 0.05) is 5.56 Å². The van der Waals surface area contributed by atoms with Gasteiger partial charge in [-0.15, -0.1) is 0 Å². The third-order valence-electron chi connectivity index (χ3n) is 4.27. The maximum absolute atomic E-state index is 6.27. The van der Waals surface area contributed by atoms with Crippen LogP contribution in [0.15, 0.2) is 46.9 Å². The molecule has 2 aromatic heterocycles. The van der Waals surface area contributed by atoms with Crippen molar-refractivity contribution in [3.63, 3.8) is 0 Å². The summed E-state index contributed by atoms with van der Waals surface area (Å²) >= 11 is 6.27. The molecular formula is C22H20ClN3O3. The van der Waals surface area contributed by atoms with Gasteiger partial charge in [-0.05, 0) is 44.0 Å². The molecule has 0 saturated carbocycles. The number of aromatic nitrogens is 3. The van der Waals surface area contributed by atoms with Gasteiger partial charge in [-0.25, -0.2) is 4.98 Å². The molecule has 0 aliphatic carbocycles. The van der Waals surface area contributed by atoms with E-state index in [1.165, 1.54) is 0 Å². The van der Waals surface area contributed by atoms with E-state index in [9.17, 15) is 0 Å². The molecule has 7 heteroatoms. The van der Waals surface area contributed by atoms with Gasteiger partial charge in [0.1, 0.15) is 0 Å². The predicted octanol–water partition coefficient (Wildman–Crippen LogP) is 6.14. The zero-order valence-corrected chi connectivity index (χ0v) is 17.2. The van der Waals surface area contributed by atoms with E-state index >= 15 is 0 Å². The number of rotatable bonds is 6. The van der Waals surface area contributed by atoms with Crippen LogP contribution in [0.2, 0.25) is 5.02 Å². The highest BCUT2D eigenvalue weighted by Gasteiger charge is 2.19. The summed E-state index contributed by atoms with van der Waals surface area (Å²) in [6.07, 6.45) is 0.827. The van der Waals surface area contributed by atoms with Gasteiger partial charge >= 0.3 is 6.01 Å². The van der Waals surface area contributed by atoms with E-state index in [2.05, 4.69) is 15.0 Å². The minimum Gasteiger partial charge on any atom is -0.476 e. The van der Waals surface area contributed by atoms with E-state index in [-0.39, 0.29) is 6.01 Å². The van der Waals surface area contributed by atoms with Crippen molar-refractivity contribution in [2.75, 3.05) is 6.61 Å². The molecule has 6 nitrogen and oxygen atoms in total. The first-order valence-corrected chi connectivity index (χ1v) is 9.74. The molecule has 29 heavy (non-hydrogen) atoms. The monoisotopic (exact) mass is 409 g/mol. The van der Waals surface area contributed by atoms with Crippen LogP contribution in [0.25, 0.3) is 22.7 Å². The second-order valence-corrected chi connectivity index (χ2v) is 7.10. The Morgan fingerprint density at radius 2 is 1.86 bits per heavy atom. The van der Waals surface area contributed by atoms with Gasteiger partial charge < -0.3 is 13.9 Å². The molecule has 0 fully saturated rings. The van der Waals surface area contributed by atoms with Crippen molar-refractivity contribution in [1.82, 2.24) is 15.0 Å². The van der Waals surface area contributed by atoms with Crippen molar-refractivity contribution in [2.24, 2.45) is 0 Å². The van der Waals surface area contributed by atoms with Crippen LogP contribution in [0.3, 0.4) is 0 Å². The van der Waals surface area contributed by atoms with Crippen LogP contribution in [0, 0.1) is 13.8 Å². The molecule has 4 rings (SSSR count). The molecular weight excluding hydrogens is 390 g/mol. The van der Waals surface area contributed by atoms with Gasteiger partial charge in [-0.3, -0.25) is 0 Å². The average molecular weight is 410 g/mol. The number of ether oxygens (including phenoxy) is 2. The van der Waals surface area contributed by atoms with E-state index in [1.807, 2.05) is 57.2 Å². The Labute approximate surface area is 173 Å². The lowest BCUT2D eigenvalue weighted by Gasteiger charge is -2.10. The highest BCUT2D eigenvalue weighted by Crippen LogP contribution is 2.34. The van der Waals surface area contributed by atoms with Crippen molar-refractivity contribution in [3.05, 3.63) is 58.6 Å². The number of para-hydroxylation sites is 1. The Bertz CT molecular complexity index is 1150. The Hall–Kier alpha value is -3.12. The molecule has 0 spiro atoms. The topological polar surface area (TPSA) is 70.3 Å². The lowest BCUT2D eigenvalue weighted by Crippen LogP contribution is -2.01. The molecule has 0 bridgehead atoms. The number of oxazole rings is 1. The van der Waals surface area contributed by atoms with Gasteiger partial charge in [0.15, 0.2) is 11.3 Å². The fourth-order valence-electron chi connectivity index (χ4n) is 2.86. The Balaban J connectivity index is 1.80. The Morgan fingerprint density at radius 3 is 2.62 bits per heavy atom. The number of benzene rings is 2. The van der Waals surface area contributed by atoms with Crippen molar-refractivity contribution < 1.29 is 13.9 Å². The lowest BCUT2D eigenvalue weighted by atomic mass is 10.1. The van der Waals surface area contributed by atoms with E-state index in [4.69, 9.17) is 25.5 Å². The fourth-order valence-corrected chi connectivity index (χ4v) is 3.12. The van der Waals surface area contributed by atoms with Gasteiger partial charge in [0.05, 0.1) is 11.6 Å². The van der Waals surface area contributed by atoms with Gasteiger partial charge in [0.25, 0.3) is 11.6 Å². The van der Waals surface area contributed by atoms with Gasteiger partial charge in [0.2, 0.25) is 5.89 Å². The van der Waals surface area contributed by atoms with Crippen LogP contribution < -0.4 is 9.47 Å². The maximum Gasteiger partial charge on any atom is 0.328 e. The van der Waals surface area contributed by atoms with E-state index < -0.39 is 0 Å². The van der Waals surface area contributed by atoms with Crippen molar-refractivity contribution in [1.29, 1.82) is 0 Å². The van der Waals surface area contributed by atoms with Crippen LogP contribution in [0.1, 0.15) is 24.5 Å². The smallest absolute Gasteiger partial charge is 0.328 e. The zero-order valence-electron chi connectivity index (χ0n) is 16.4. The summed E-state index contributed by atoms with van der Waals surface area (Å²) in [5, 5.41) is 0.475. The number of hydrogen-bond acceptors (Lipinski definition) is 6. The first-order chi connectivity index (χ1) is 14.0. The van der Waals surface area contributed by atoms with Crippen molar-refractivity contribution in [3.8, 4) is 29.1 Å². The summed E-state index contributed by atoms with van der Waals surface area (Å²) in [4.78, 5) is 13.4. The second kappa shape index (κ2) is 8.09. The zero-order chi connectivity index (χ0) is 20.4. The minimum atomic E-state index is 0.0896. The largest absolute Gasteiger partial charge is 0.476 e. The summed E-state index contributed by atoms with van der Waals surface area (Å²) in [5.41, 5.74) is 3.58. The van der Waals surface area contributed by atoms with E-state index in [0.717, 1.165) is 23.1 Å². The van der Waals surface area contributed by atoms with Gasteiger partial charge in [-0.2, -0.15) is 9.97 Å². The molecule has 2 heterocycles. The van der Waals surface area contributed by atoms with Gasteiger partial charge in [-0.1, -0.05) is 48.4 Å². The Morgan fingerprint density at radius 1 is 1.03 bits per heavy atom. The maximum atomic E-state index is 6.27. The highest BCUT2D eigenvalue weighted by molar-refractivity contribution is 6.32. The molecule has 0 aliphatic heterocycles. The quantitative estimate of drug-likeness (QED) is 0.381. The summed E-state index contributed by atoms with van der Waals surface area (Å²) in [6.45, 7) is 6.42. The van der Waals surface area contributed by atoms with Crippen molar-refractivity contribution in [2.45, 2.75) is 27.2 Å². The number of hydrogen-bond donors (Lipinski definition) is 0. The standard InChI is InChI=1S/C22H20ClN3O3/c1-4-11-27-20-17-21(29-19(24-17)15-9-5-7-13(2)12-15)26-22(25-20)28-18-14(3)8-6-10-16(18)23/h5-10,12H,4,11H2,1-3H3. The number of halogens is 1. The van der Waals surface area contributed by atoms with E-state index in [1.54, 1.807) is 6.07 Å². The molecule has 0 atom stereocenters. The molecule has 0 aliphatic rings. The molecule has 0 saturated heterocycles. The normalized spacial score (nSPS) is 11.0. The minimum absolute atomic E-state index is 0.0896. The highest BCUT2D eigenvalue weighted by atomic mass is 35.5. The number of aryl methyl sites for hydroxylation is 2. The third-order valence-corrected chi connectivity index (χ3v) is 4.57. The average Bonchev–Trinajstić information content (AvgIpc) is 3.13. The summed E-state index contributed by atoms with van der Waals surface area (Å²) in [5.74, 6) is 1.26. The molecule has 0 unspecified atom stereocenters. The second-order valence-electron chi connectivity index (χ2n) is 6.69. The van der Waals surface area contributed by atoms with Crippen LogP contribution >= 0.6 is 11.6 Å². The predicted molar refractivity (Wildman–Crippen MR) is 112 cm³/mol. The summed E-state index contributed by atoms with van der Waals surface area (Å²) in [7, 11) is 0. The van der Waals surface area contributed by atoms with E-state index in [0.29, 0.717) is 40.4 Å². The van der Waals surface area contributed by atoms with Crippen LogP contribution in [-0.4, -0.2) is 21.6 Å². The SMILES string of the molecule is CCCOc1nc(Oc2c(C)cccc2Cl)nc2oc(-c3cccc(C)c3)nc12. The first kappa shape index (κ1) is 19.2. The van der Waals surface area contributed by atoms with Crippen LogP contribution in [0.4, 0.5) is 0 Å². The molecule has 0 radical (unpaired) electrons. The molecule has 2 aromatic carbocycles. The molecule has 0 amide bonds.